The van der Waals surface area contributed by atoms with Gasteiger partial charge in [-0.1, -0.05) is 0 Å². The summed E-state index contributed by atoms with van der Waals surface area (Å²) < 4.78 is 0. The van der Waals surface area contributed by atoms with Crippen LogP contribution >= 0.6 is 11.3 Å². The molecule has 0 unspecified atom stereocenters. The first-order valence-corrected chi connectivity index (χ1v) is 6.66. The van der Waals surface area contributed by atoms with Crippen molar-refractivity contribution in [3.63, 3.8) is 0 Å². The van der Waals surface area contributed by atoms with Gasteiger partial charge in [0.05, 0.1) is 17.1 Å². The maximum Gasteiger partial charge on any atom is 0.326 e. The average molecular weight is 301 g/mol. The topological polar surface area (TPSA) is 129 Å². The van der Waals surface area contributed by atoms with Gasteiger partial charge < -0.3 is 20.8 Å². The highest BCUT2D eigenvalue weighted by Crippen LogP contribution is 2.07. The van der Waals surface area contributed by atoms with Gasteiger partial charge in [-0.3, -0.25) is 4.79 Å². The van der Waals surface area contributed by atoms with Crippen molar-refractivity contribution in [2.24, 2.45) is 0 Å². The van der Waals surface area contributed by atoms with Gasteiger partial charge in [0.1, 0.15) is 6.04 Å². The molecule has 0 aromatic carbocycles. The summed E-state index contributed by atoms with van der Waals surface area (Å²) in [6, 6.07) is -2.17. The molecule has 0 saturated heterocycles. The van der Waals surface area contributed by atoms with Crippen molar-refractivity contribution in [3.05, 3.63) is 16.1 Å². The predicted octanol–water partition coefficient (Wildman–Crippen LogP) is 0.221. The summed E-state index contributed by atoms with van der Waals surface area (Å²) in [6.45, 7) is 2.16. The minimum Gasteiger partial charge on any atom is -0.481 e. The van der Waals surface area contributed by atoms with E-state index in [1.165, 1.54) is 11.3 Å². The number of aliphatic carboxylic acids is 2. The highest BCUT2D eigenvalue weighted by Gasteiger charge is 2.22. The Hall–Kier alpha value is -2.16. The standard InChI is InChI=1S/C11H15N3O5S/c1-6-13-7(5-20-6)2-3-12-11(19)14-8(10(17)18)4-9(15)16/h5,8H,2-4H2,1H3,(H,15,16)(H,17,18)(H2,12,14,19)/t8-/m0/s1. The number of carbonyl (C=O) groups excluding carboxylic acids is 1. The SMILES string of the molecule is Cc1nc(CCNC(=O)N[C@@H](CC(=O)O)C(=O)O)cs1. The molecule has 0 fully saturated rings. The van der Waals surface area contributed by atoms with Gasteiger partial charge in [-0.15, -0.1) is 11.3 Å². The third kappa shape index (κ3) is 5.65. The van der Waals surface area contributed by atoms with E-state index in [0.717, 1.165) is 10.7 Å². The maximum absolute atomic E-state index is 11.4. The lowest BCUT2D eigenvalue weighted by molar-refractivity contribution is -0.145. The minimum absolute atomic E-state index is 0.286. The molecule has 4 N–H and O–H groups in total. The summed E-state index contributed by atoms with van der Waals surface area (Å²) in [5.41, 5.74) is 0.841. The van der Waals surface area contributed by atoms with Crippen molar-refractivity contribution in [2.75, 3.05) is 6.54 Å². The number of hydrogen-bond donors (Lipinski definition) is 4. The second-order valence-corrected chi connectivity index (χ2v) is 5.06. The van der Waals surface area contributed by atoms with E-state index in [2.05, 4.69) is 15.6 Å². The molecule has 110 valence electrons. The first kappa shape index (κ1) is 15.9. The van der Waals surface area contributed by atoms with Crippen LogP contribution in [-0.4, -0.2) is 45.8 Å². The minimum atomic E-state index is -1.45. The van der Waals surface area contributed by atoms with Crippen molar-refractivity contribution >= 4 is 29.3 Å². The Morgan fingerprint density at radius 1 is 1.40 bits per heavy atom. The second kappa shape index (κ2) is 7.43. The monoisotopic (exact) mass is 301 g/mol. The molecular weight excluding hydrogens is 286 g/mol. The van der Waals surface area contributed by atoms with Crippen LogP contribution in [0, 0.1) is 6.92 Å². The normalized spacial score (nSPS) is 11.7. The quantitative estimate of drug-likeness (QED) is 0.570. The van der Waals surface area contributed by atoms with Crippen LogP contribution in [0.5, 0.6) is 0 Å². The zero-order chi connectivity index (χ0) is 15.1. The summed E-state index contributed by atoms with van der Waals surface area (Å²) in [5, 5.41) is 24.6. The molecule has 0 aliphatic carbocycles. The van der Waals surface area contributed by atoms with E-state index in [4.69, 9.17) is 10.2 Å². The number of aromatic nitrogens is 1. The summed E-state index contributed by atoms with van der Waals surface area (Å²) in [7, 11) is 0. The number of nitrogens with zero attached hydrogens (tertiary/aromatic N) is 1. The van der Waals surface area contributed by atoms with E-state index in [-0.39, 0.29) is 6.54 Å². The zero-order valence-electron chi connectivity index (χ0n) is 10.8. The summed E-state index contributed by atoms with van der Waals surface area (Å²) in [5.74, 6) is -2.69. The summed E-state index contributed by atoms with van der Waals surface area (Å²) >= 11 is 1.50. The van der Waals surface area contributed by atoms with Gasteiger partial charge in [0, 0.05) is 18.3 Å². The highest BCUT2D eigenvalue weighted by atomic mass is 32.1. The van der Waals surface area contributed by atoms with Crippen molar-refractivity contribution in [1.29, 1.82) is 0 Å². The maximum atomic E-state index is 11.4. The van der Waals surface area contributed by atoms with Crippen LogP contribution in [-0.2, 0) is 16.0 Å². The van der Waals surface area contributed by atoms with Gasteiger partial charge >= 0.3 is 18.0 Å². The average Bonchev–Trinajstić information content (AvgIpc) is 2.73. The lowest BCUT2D eigenvalue weighted by Crippen LogP contribution is -2.47. The Kier molecular flexibility index (Phi) is 5.91. The van der Waals surface area contributed by atoms with Crippen LogP contribution in [0.4, 0.5) is 4.79 Å². The molecule has 1 heterocycles. The first-order chi connectivity index (χ1) is 9.38. The van der Waals surface area contributed by atoms with Gasteiger partial charge in [0.25, 0.3) is 0 Å². The van der Waals surface area contributed by atoms with E-state index in [1.54, 1.807) is 0 Å². The number of thiazole rings is 1. The molecule has 0 spiro atoms. The van der Waals surface area contributed by atoms with Crippen LogP contribution in [0.3, 0.4) is 0 Å². The Morgan fingerprint density at radius 2 is 2.10 bits per heavy atom. The fourth-order valence-corrected chi connectivity index (χ4v) is 2.06. The third-order valence-corrected chi connectivity index (χ3v) is 3.14. The fourth-order valence-electron chi connectivity index (χ4n) is 1.41. The van der Waals surface area contributed by atoms with E-state index in [9.17, 15) is 14.4 Å². The number of urea groups is 1. The molecule has 1 rings (SSSR count). The fraction of sp³-hybridized carbons (Fsp3) is 0.455. The number of hydrogen-bond acceptors (Lipinski definition) is 5. The first-order valence-electron chi connectivity index (χ1n) is 5.78. The van der Waals surface area contributed by atoms with Crippen LogP contribution in [0.1, 0.15) is 17.1 Å². The molecule has 1 aromatic rings. The molecule has 0 bridgehead atoms. The number of aryl methyl sites for hydroxylation is 1. The van der Waals surface area contributed by atoms with Gasteiger partial charge in [-0.05, 0) is 6.92 Å². The molecule has 20 heavy (non-hydrogen) atoms. The Balaban J connectivity index is 2.34. The third-order valence-electron chi connectivity index (χ3n) is 2.32. The number of amides is 2. The Labute approximate surface area is 118 Å². The van der Waals surface area contributed by atoms with E-state index in [1.807, 2.05) is 12.3 Å². The molecule has 1 atom stereocenters. The number of nitrogens with one attached hydrogen (secondary N) is 2. The number of carboxylic acid groups (broad SMARTS) is 2. The summed E-state index contributed by atoms with van der Waals surface area (Å²) in [6.07, 6.45) is -0.150. The van der Waals surface area contributed by atoms with Crippen molar-refractivity contribution in [3.8, 4) is 0 Å². The zero-order valence-corrected chi connectivity index (χ0v) is 11.6. The van der Waals surface area contributed by atoms with Crippen molar-refractivity contribution in [2.45, 2.75) is 25.8 Å². The second-order valence-electron chi connectivity index (χ2n) is 4.00. The van der Waals surface area contributed by atoms with Crippen LogP contribution in [0.15, 0.2) is 5.38 Å². The molecule has 0 aliphatic heterocycles. The molecule has 2 amide bonds. The molecule has 8 nitrogen and oxygen atoms in total. The molecule has 1 aromatic heterocycles. The molecule has 9 heteroatoms. The number of rotatable bonds is 7. The number of carbonyl (C=O) groups is 3. The van der Waals surface area contributed by atoms with Gasteiger partial charge in [0.15, 0.2) is 0 Å². The van der Waals surface area contributed by atoms with Crippen LogP contribution in [0.25, 0.3) is 0 Å². The Bertz CT molecular complexity index is 502. The summed E-state index contributed by atoms with van der Waals surface area (Å²) in [4.78, 5) is 36.9. The molecule has 0 saturated carbocycles. The van der Waals surface area contributed by atoms with Gasteiger partial charge in [-0.2, -0.15) is 0 Å². The van der Waals surface area contributed by atoms with Crippen molar-refractivity contribution in [1.82, 2.24) is 15.6 Å². The lowest BCUT2D eigenvalue weighted by atomic mass is 10.2. The molecule has 0 radical (unpaired) electrons. The smallest absolute Gasteiger partial charge is 0.326 e. The molecule has 0 aliphatic rings. The van der Waals surface area contributed by atoms with E-state index >= 15 is 0 Å². The number of carboxylic acids is 2. The van der Waals surface area contributed by atoms with Crippen molar-refractivity contribution < 1.29 is 24.6 Å². The van der Waals surface area contributed by atoms with Crippen LogP contribution in [0.2, 0.25) is 0 Å². The highest BCUT2D eigenvalue weighted by molar-refractivity contribution is 7.09. The van der Waals surface area contributed by atoms with E-state index < -0.39 is 30.4 Å². The lowest BCUT2D eigenvalue weighted by Gasteiger charge is -2.12. The predicted molar refractivity (Wildman–Crippen MR) is 70.8 cm³/mol. The molecular formula is C11H15N3O5S. The van der Waals surface area contributed by atoms with Gasteiger partial charge in [0.2, 0.25) is 0 Å². The Morgan fingerprint density at radius 3 is 2.60 bits per heavy atom. The van der Waals surface area contributed by atoms with Crippen LogP contribution < -0.4 is 10.6 Å². The van der Waals surface area contributed by atoms with E-state index in [0.29, 0.717) is 6.42 Å². The van der Waals surface area contributed by atoms with Gasteiger partial charge in [-0.25, -0.2) is 14.6 Å². The largest absolute Gasteiger partial charge is 0.481 e.